The zero-order valence-electron chi connectivity index (χ0n) is 10.5. The van der Waals surface area contributed by atoms with Gasteiger partial charge in [-0.3, -0.25) is 5.21 Å². The molecule has 0 aromatic heterocycles. The van der Waals surface area contributed by atoms with Crippen molar-refractivity contribution in [1.29, 1.82) is 0 Å². The SMILES string of the molecule is CCO[C@H]1C[C@@H](c2ccc(OC)cc2)C=[N+]([O-])O1. The molecule has 0 saturated carbocycles. The summed E-state index contributed by atoms with van der Waals surface area (Å²) in [5, 5.41) is 11.4. The summed E-state index contributed by atoms with van der Waals surface area (Å²) in [5.41, 5.74) is 1.05. The summed E-state index contributed by atoms with van der Waals surface area (Å²) in [6.07, 6.45) is 1.67. The average Bonchev–Trinajstić information content (AvgIpc) is 2.38. The van der Waals surface area contributed by atoms with Crippen LogP contribution in [0.1, 0.15) is 24.8 Å². The average molecular weight is 251 g/mol. The predicted molar refractivity (Wildman–Crippen MR) is 66.5 cm³/mol. The first-order valence-electron chi connectivity index (χ1n) is 5.96. The second-order valence-corrected chi connectivity index (χ2v) is 4.04. The van der Waals surface area contributed by atoms with Crippen molar-refractivity contribution in [3.8, 4) is 5.75 Å². The quantitative estimate of drug-likeness (QED) is 0.769. The predicted octanol–water partition coefficient (Wildman–Crippen LogP) is 2.06. The number of methoxy groups -OCH3 is 1. The number of rotatable bonds is 4. The van der Waals surface area contributed by atoms with Gasteiger partial charge in [-0.25, -0.2) is 0 Å². The van der Waals surface area contributed by atoms with Crippen LogP contribution >= 0.6 is 0 Å². The zero-order chi connectivity index (χ0) is 13.0. The van der Waals surface area contributed by atoms with Crippen LogP contribution in [0.2, 0.25) is 0 Å². The van der Waals surface area contributed by atoms with Gasteiger partial charge in [0.25, 0.3) is 0 Å². The molecule has 1 heterocycles. The van der Waals surface area contributed by atoms with Crippen LogP contribution < -0.4 is 4.74 Å². The molecule has 1 aliphatic rings. The third kappa shape index (κ3) is 2.92. The van der Waals surface area contributed by atoms with Crippen LogP contribution in [0.4, 0.5) is 0 Å². The van der Waals surface area contributed by atoms with Crippen molar-refractivity contribution in [2.75, 3.05) is 13.7 Å². The Labute approximate surface area is 106 Å². The second kappa shape index (κ2) is 5.73. The molecule has 98 valence electrons. The highest BCUT2D eigenvalue weighted by molar-refractivity contribution is 5.63. The molecule has 0 spiro atoms. The molecule has 0 bridgehead atoms. The molecule has 0 aliphatic carbocycles. The molecule has 0 amide bonds. The molecule has 0 saturated heterocycles. The van der Waals surface area contributed by atoms with Gasteiger partial charge in [0.05, 0.1) is 13.0 Å². The van der Waals surface area contributed by atoms with Crippen molar-refractivity contribution in [1.82, 2.24) is 0 Å². The number of ether oxygens (including phenoxy) is 2. The number of hydrogen-bond acceptors (Lipinski definition) is 4. The lowest BCUT2D eigenvalue weighted by Gasteiger charge is -2.26. The van der Waals surface area contributed by atoms with Gasteiger partial charge in [-0.1, -0.05) is 12.1 Å². The summed E-state index contributed by atoms with van der Waals surface area (Å²) in [6.45, 7) is 2.40. The lowest BCUT2D eigenvalue weighted by Crippen LogP contribution is -2.31. The molecule has 18 heavy (non-hydrogen) atoms. The van der Waals surface area contributed by atoms with Crippen LogP contribution in [-0.4, -0.2) is 31.1 Å². The van der Waals surface area contributed by atoms with E-state index >= 15 is 0 Å². The van der Waals surface area contributed by atoms with E-state index in [9.17, 15) is 5.21 Å². The van der Waals surface area contributed by atoms with E-state index in [4.69, 9.17) is 14.3 Å². The molecular formula is C13H17NO4. The van der Waals surface area contributed by atoms with Crippen molar-refractivity contribution in [3.63, 3.8) is 0 Å². The Morgan fingerprint density at radius 3 is 2.72 bits per heavy atom. The third-order valence-corrected chi connectivity index (χ3v) is 2.87. The summed E-state index contributed by atoms with van der Waals surface area (Å²) in [4.78, 5) is 5.48. The van der Waals surface area contributed by atoms with Crippen LogP contribution in [0, 0.1) is 5.21 Å². The molecule has 0 unspecified atom stereocenters. The summed E-state index contributed by atoms with van der Waals surface area (Å²) in [7, 11) is 1.63. The van der Waals surface area contributed by atoms with E-state index in [2.05, 4.69) is 0 Å². The molecule has 5 heteroatoms. The largest absolute Gasteiger partial charge is 0.497 e. The smallest absolute Gasteiger partial charge is 0.217 e. The van der Waals surface area contributed by atoms with E-state index < -0.39 is 6.29 Å². The number of benzene rings is 1. The highest BCUT2D eigenvalue weighted by atomic mass is 16.9. The van der Waals surface area contributed by atoms with Crippen LogP contribution in [-0.2, 0) is 9.57 Å². The number of hydrogen-bond donors (Lipinski definition) is 0. The topological polar surface area (TPSA) is 53.8 Å². The van der Waals surface area contributed by atoms with Crippen molar-refractivity contribution in [2.45, 2.75) is 25.6 Å². The van der Waals surface area contributed by atoms with Gasteiger partial charge < -0.3 is 14.3 Å². The van der Waals surface area contributed by atoms with E-state index in [0.717, 1.165) is 11.3 Å². The molecule has 0 fully saturated rings. The van der Waals surface area contributed by atoms with E-state index in [1.165, 1.54) is 6.21 Å². The monoisotopic (exact) mass is 251 g/mol. The summed E-state index contributed by atoms with van der Waals surface area (Å²) in [5.74, 6) is 0.796. The Morgan fingerprint density at radius 2 is 2.11 bits per heavy atom. The molecule has 1 aromatic carbocycles. The van der Waals surface area contributed by atoms with Gasteiger partial charge in [-0.15, -0.1) is 0 Å². The maximum absolute atomic E-state index is 11.4. The zero-order valence-corrected chi connectivity index (χ0v) is 10.5. The summed E-state index contributed by atoms with van der Waals surface area (Å²) < 4.78 is 10.4. The van der Waals surface area contributed by atoms with Crippen molar-refractivity contribution >= 4 is 6.21 Å². The maximum Gasteiger partial charge on any atom is 0.217 e. The van der Waals surface area contributed by atoms with Gasteiger partial charge in [0, 0.05) is 17.9 Å². The van der Waals surface area contributed by atoms with Crippen LogP contribution in [0.25, 0.3) is 0 Å². The maximum atomic E-state index is 11.4. The molecule has 0 N–H and O–H groups in total. The summed E-state index contributed by atoms with van der Waals surface area (Å²) >= 11 is 0. The molecular weight excluding hydrogens is 234 g/mol. The number of nitrogens with zero attached hydrogens (tertiary/aromatic N) is 1. The Balaban J connectivity index is 2.13. The van der Waals surface area contributed by atoms with Crippen LogP contribution in [0.15, 0.2) is 24.3 Å². The van der Waals surface area contributed by atoms with Gasteiger partial charge >= 0.3 is 0 Å². The molecule has 1 aromatic rings. The Morgan fingerprint density at radius 1 is 1.39 bits per heavy atom. The highest BCUT2D eigenvalue weighted by Crippen LogP contribution is 2.26. The lowest BCUT2D eigenvalue weighted by atomic mass is 9.96. The standard InChI is InChI=1S/C13H17NO4/c1-3-17-13-8-11(9-14(15)18-13)10-4-6-12(16-2)7-5-10/h4-7,9,11,13H,3,8H2,1-2H3/t11-,13-/m1/s1. The first kappa shape index (κ1) is 12.7. The second-order valence-electron chi connectivity index (χ2n) is 4.04. The fourth-order valence-electron chi connectivity index (χ4n) is 1.97. The Kier molecular flexibility index (Phi) is 4.04. The normalized spacial score (nSPS) is 23.1. The molecule has 1 aliphatic heterocycles. The molecule has 0 radical (unpaired) electrons. The first-order valence-corrected chi connectivity index (χ1v) is 5.96. The third-order valence-electron chi connectivity index (χ3n) is 2.87. The fourth-order valence-corrected chi connectivity index (χ4v) is 1.97. The van der Waals surface area contributed by atoms with Gasteiger partial charge in [0.15, 0.2) is 6.29 Å². The van der Waals surface area contributed by atoms with Crippen LogP contribution in [0.3, 0.4) is 0 Å². The van der Waals surface area contributed by atoms with Gasteiger partial charge in [-0.05, 0) is 24.6 Å². The minimum absolute atomic E-state index is 0.00120. The molecule has 2 rings (SSSR count). The minimum Gasteiger partial charge on any atom is -0.497 e. The van der Waals surface area contributed by atoms with Crippen LogP contribution in [0.5, 0.6) is 5.75 Å². The molecule has 5 nitrogen and oxygen atoms in total. The van der Waals surface area contributed by atoms with E-state index in [-0.39, 0.29) is 5.92 Å². The van der Waals surface area contributed by atoms with Crippen molar-refractivity contribution < 1.29 is 19.2 Å². The van der Waals surface area contributed by atoms with E-state index in [1.54, 1.807) is 7.11 Å². The lowest BCUT2D eigenvalue weighted by molar-refractivity contribution is -0.768. The molecule has 2 atom stereocenters. The van der Waals surface area contributed by atoms with E-state index in [0.29, 0.717) is 17.9 Å². The highest BCUT2D eigenvalue weighted by Gasteiger charge is 2.25. The van der Waals surface area contributed by atoms with Gasteiger partial charge in [0.1, 0.15) is 5.75 Å². The van der Waals surface area contributed by atoms with Gasteiger partial charge in [-0.2, -0.15) is 0 Å². The van der Waals surface area contributed by atoms with Gasteiger partial charge in [0.2, 0.25) is 6.21 Å². The van der Waals surface area contributed by atoms with E-state index in [1.807, 2.05) is 31.2 Å². The Bertz CT molecular complexity index is 416. The van der Waals surface area contributed by atoms with Crippen molar-refractivity contribution in [3.05, 3.63) is 35.0 Å². The summed E-state index contributed by atoms with van der Waals surface area (Å²) in [6, 6.07) is 7.65. The minimum atomic E-state index is -0.482. The Hall–Kier alpha value is -1.75. The first-order chi connectivity index (χ1) is 8.72. The van der Waals surface area contributed by atoms with Crippen molar-refractivity contribution in [2.24, 2.45) is 0 Å². The fraction of sp³-hybridized carbons (Fsp3) is 0.462.